The molecule has 0 spiro atoms. The van der Waals surface area contributed by atoms with Gasteiger partial charge in [-0.05, 0) is 18.9 Å². The maximum Gasteiger partial charge on any atom is 0.145 e. The van der Waals surface area contributed by atoms with Gasteiger partial charge in [0.25, 0.3) is 0 Å². The summed E-state index contributed by atoms with van der Waals surface area (Å²) in [6.45, 7) is 8.11. The fraction of sp³-hybridized carbons (Fsp3) is 1.00. The zero-order valence-electron chi connectivity index (χ0n) is 11.5. The molecule has 3 rings (SSSR count). The van der Waals surface area contributed by atoms with Gasteiger partial charge in [-0.1, -0.05) is 0 Å². The molecule has 4 nitrogen and oxygen atoms in total. The van der Waals surface area contributed by atoms with Crippen molar-refractivity contribution in [1.82, 2.24) is 18.9 Å². The Bertz CT molecular complexity index is 291. The first-order valence-electron chi connectivity index (χ1n) is 6.79. The standard InChI is InChI=1S/C6H12N3PS.C5H11Cl2N/c11-10(7-1-2-7,8-3-4-8)9-5-6-9;1-8(4-2-6)5-3-7/h1-6H2;2-5H2,1H3. The summed E-state index contributed by atoms with van der Waals surface area (Å²) in [4.78, 5) is 2.10. The third-order valence-corrected chi connectivity index (χ3v) is 9.14. The molecule has 0 aromatic carbocycles. The van der Waals surface area contributed by atoms with Crippen LogP contribution >= 0.6 is 29.7 Å². The molecular weight excluding hydrogens is 322 g/mol. The Morgan fingerprint density at radius 1 is 0.895 bits per heavy atom. The number of halogens is 2. The van der Waals surface area contributed by atoms with Crippen LogP contribution in [0.3, 0.4) is 0 Å². The first kappa shape index (κ1) is 16.4. The summed E-state index contributed by atoms with van der Waals surface area (Å²) in [5.41, 5.74) is 0. The molecule has 0 bridgehead atoms. The van der Waals surface area contributed by atoms with Gasteiger partial charge in [-0.25, -0.2) is 14.0 Å². The molecule has 3 fully saturated rings. The van der Waals surface area contributed by atoms with Crippen LogP contribution in [-0.4, -0.2) is 90.1 Å². The van der Waals surface area contributed by atoms with Gasteiger partial charge in [-0.15, -0.1) is 23.2 Å². The lowest BCUT2D eigenvalue weighted by Gasteiger charge is -2.25. The number of alkyl halides is 2. The highest BCUT2D eigenvalue weighted by Gasteiger charge is 2.50. The monoisotopic (exact) mass is 344 g/mol. The van der Waals surface area contributed by atoms with E-state index in [0.717, 1.165) is 13.1 Å². The van der Waals surface area contributed by atoms with Gasteiger partial charge < -0.3 is 4.90 Å². The minimum absolute atomic E-state index is 0.688. The van der Waals surface area contributed by atoms with Crippen molar-refractivity contribution in [2.24, 2.45) is 0 Å². The molecular formula is C11H23Cl2N4PS. The molecule has 19 heavy (non-hydrogen) atoms. The molecule has 0 unspecified atom stereocenters. The SMILES string of the molecule is CN(CCCl)CCCl.S=P(N1CC1)(N1CC1)N1CC1. The Balaban J connectivity index is 0.000000151. The van der Waals surface area contributed by atoms with Gasteiger partial charge in [0.2, 0.25) is 0 Å². The van der Waals surface area contributed by atoms with Crippen molar-refractivity contribution in [3.05, 3.63) is 0 Å². The summed E-state index contributed by atoms with van der Waals surface area (Å²) in [5, 5.41) is 0. The lowest BCUT2D eigenvalue weighted by molar-refractivity contribution is 0.378. The third kappa shape index (κ3) is 4.79. The Morgan fingerprint density at radius 3 is 1.42 bits per heavy atom. The Morgan fingerprint density at radius 2 is 1.21 bits per heavy atom. The van der Waals surface area contributed by atoms with E-state index in [1.807, 2.05) is 7.05 Å². The van der Waals surface area contributed by atoms with Gasteiger partial charge in [-0.2, -0.15) is 0 Å². The summed E-state index contributed by atoms with van der Waals surface area (Å²) in [6.07, 6.45) is 0. The number of hydrogen-bond donors (Lipinski definition) is 0. The molecule has 3 aliphatic rings. The van der Waals surface area contributed by atoms with Crippen LogP contribution in [-0.2, 0) is 11.8 Å². The lowest BCUT2D eigenvalue weighted by Crippen LogP contribution is -2.22. The van der Waals surface area contributed by atoms with Crippen molar-refractivity contribution < 1.29 is 0 Å². The van der Waals surface area contributed by atoms with E-state index in [9.17, 15) is 0 Å². The molecule has 112 valence electrons. The normalized spacial score (nSPS) is 23.2. The molecule has 0 amide bonds. The van der Waals surface area contributed by atoms with E-state index in [0.29, 0.717) is 11.8 Å². The fourth-order valence-electron chi connectivity index (χ4n) is 1.85. The van der Waals surface area contributed by atoms with Crippen LogP contribution in [0.4, 0.5) is 0 Å². The lowest BCUT2D eigenvalue weighted by atomic mass is 10.6. The van der Waals surface area contributed by atoms with Crippen molar-refractivity contribution in [2.45, 2.75) is 0 Å². The van der Waals surface area contributed by atoms with Gasteiger partial charge in [0.1, 0.15) is 6.49 Å². The summed E-state index contributed by atoms with van der Waals surface area (Å²) in [5.74, 6) is 1.38. The van der Waals surface area contributed by atoms with Crippen LogP contribution in [0.25, 0.3) is 0 Å². The van der Waals surface area contributed by atoms with Crippen LogP contribution in [0.15, 0.2) is 0 Å². The second kappa shape index (κ2) is 7.37. The van der Waals surface area contributed by atoms with Gasteiger partial charge >= 0.3 is 0 Å². The second-order valence-corrected chi connectivity index (χ2v) is 10.0. The van der Waals surface area contributed by atoms with E-state index in [-0.39, 0.29) is 0 Å². The highest BCUT2D eigenvalue weighted by atomic mass is 35.5. The van der Waals surface area contributed by atoms with Crippen molar-refractivity contribution in [2.75, 3.05) is 71.2 Å². The quantitative estimate of drug-likeness (QED) is 0.393. The average Bonchev–Trinajstić information content (AvgIpc) is 3.27. The summed E-state index contributed by atoms with van der Waals surface area (Å²) >= 11 is 16.6. The second-order valence-electron chi connectivity index (χ2n) is 5.06. The minimum Gasteiger partial charge on any atom is -0.304 e. The predicted octanol–water partition coefficient (Wildman–Crippen LogP) is 1.55. The van der Waals surface area contributed by atoms with Crippen molar-refractivity contribution >= 4 is 41.5 Å². The highest BCUT2D eigenvalue weighted by Crippen LogP contribution is 2.65. The summed E-state index contributed by atoms with van der Waals surface area (Å²) < 4.78 is 7.47. The average molecular weight is 345 g/mol. The molecule has 0 aromatic heterocycles. The number of rotatable bonds is 7. The maximum absolute atomic E-state index is 5.75. The van der Waals surface area contributed by atoms with Crippen LogP contribution in [0.5, 0.6) is 0 Å². The number of nitrogens with zero attached hydrogens (tertiary/aromatic N) is 4. The molecule has 0 N–H and O–H groups in total. The smallest absolute Gasteiger partial charge is 0.145 e. The Hall–Kier alpha value is 1.07. The van der Waals surface area contributed by atoms with Crippen molar-refractivity contribution in [3.63, 3.8) is 0 Å². The molecule has 3 saturated heterocycles. The Kier molecular flexibility index (Phi) is 6.38. The predicted molar refractivity (Wildman–Crippen MR) is 87.9 cm³/mol. The van der Waals surface area contributed by atoms with Gasteiger partial charge in [-0.3, -0.25) is 0 Å². The molecule has 0 aliphatic carbocycles. The molecule has 3 heterocycles. The largest absolute Gasteiger partial charge is 0.304 e. The number of hydrogen-bond acceptors (Lipinski definition) is 2. The summed E-state index contributed by atoms with van der Waals surface area (Å²) in [7, 11) is 2.00. The van der Waals surface area contributed by atoms with E-state index < -0.39 is 6.49 Å². The van der Waals surface area contributed by atoms with Crippen molar-refractivity contribution in [1.29, 1.82) is 0 Å². The van der Waals surface area contributed by atoms with Crippen LogP contribution in [0.2, 0.25) is 0 Å². The molecule has 0 radical (unpaired) electrons. The van der Waals surface area contributed by atoms with E-state index >= 15 is 0 Å². The molecule has 3 aliphatic heterocycles. The first-order chi connectivity index (χ1) is 9.12. The van der Waals surface area contributed by atoms with Gasteiger partial charge in [0.15, 0.2) is 0 Å². The van der Waals surface area contributed by atoms with E-state index in [2.05, 4.69) is 18.9 Å². The van der Waals surface area contributed by atoms with Crippen LogP contribution in [0, 0.1) is 0 Å². The molecule has 0 aromatic rings. The molecule has 8 heteroatoms. The minimum atomic E-state index is -1.27. The fourth-order valence-corrected chi connectivity index (χ4v) is 6.80. The van der Waals surface area contributed by atoms with E-state index in [4.69, 9.17) is 35.0 Å². The molecule has 0 saturated carbocycles. The van der Waals surface area contributed by atoms with Crippen LogP contribution < -0.4 is 0 Å². The van der Waals surface area contributed by atoms with E-state index in [1.165, 1.54) is 39.3 Å². The molecule has 0 atom stereocenters. The maximum atomic E-state index is 5.75. The van der Waals surface area contributed by atoms with Gasteiger partial charge in [0.05, 0.1) is 0 Å². The zero-order chi connectivity index (χ0) is 13.9. The summed E-state index contributed by atoms with van der Waals surface area (Å²) in [6, 6.07) is 0. The first-order valence-corrected chi connectivity index (χ1v) is 10.5. The zero-order valence-corrected chi connectivity index (χ0v) is 14.7. The Labute approximate surface area is 131 Å². The third-order valence-electron chi connectivity index (χ3n) is 3.31. The van der Waals surface area contributed by atoms with Crippen molar-refractivity contribution in [3.8, 4) is 0 Å². The van der Waals surface area contributed by atoms with Gasteiger partial charge in [0, 0.05) is 64.1 Å². The van der Waals surface area contributed by atoms with Crippen LogP contribution in [0.1, 0.15) is 0 Å². The van der Waals surface area contributed by atoms with E-state index in [1.54, 1.807) is 0 Å². The topological polar surface area (TPSA) is 12.3 Å². The highest BCUT2D eigenvalue weighted by molar-refractivity contribution is 8.11.